The van der Waals surface area contributed by atoms with E-state index in [0.29, 0.717) is 12.3 Å². The van der Waals surface area contributed by atoms with Crippen molar-refractivity contribution in [3.63, 3.8) is 0 Å². The van der Waals surface area contributed by atoms with Crippen LogP contribution in [0.2, 0.25) is 0 Å². The number of hydrogen-bond donors (Lipinski definition) is 1. The molecule has 2 aromatic rings. The van der Waals surface area contributed by atoms with Gasteiger partial charge in [0.2, 0.25) is 11.8 Å². The molecule has 0 radical (unpaired) electrons. The van der Waals surface area contributed by atoms with E-state index >= 15 is 0 Å². The van der Waals surface area contributed by atoms with E-state index in [9.17, 15) is 9.59 Å². The fourth-order valence-corrected chi connectivity index (χ4v) is 4.04. The number of rotatable bonds is 9. The summed E-state index contributed by atoms with van der Waals surface area (Å²) in [5, 5.41) is 2.91. The van der Waals surface area contributed by atoms with Crippen molar-refractivity contribution in [1.29, 1.82) is 0 Å². The largest absolute Gasteiger partial charge is 0.352 e. The molecule has 0 spiro atoms. The number of aryl methyl sites for hydroxylation is 1. The first-order valence-corrected chi connectivity index (χ1v) is 11.7. The normalized spacial score (nSPS) is 11.9. The quantitative estimate of drug-likeness (QED) is 0.557. The van der Waals surface area contributed by atoms with Crippen LogP contribution in [0, 0.1) is 6.92 Å². The van der Waals surface area contributed by atoms with Crippen LogP contribution < -0.4 is 5.32 Å². The minimum absolute atomic E-state index is 0.0306. The number of carbonyl (C=O) groups excluding carboxylic acids is 2. The number of nitrogens with one attached hydrogen (secondary N) is 1. The Hall–Kier alpha value is -1.79. The average Bonchev–Trinajstić information content (AvgIpc) is 2.66. The number of thioether (sulfide) groups is 1. The van der Waals surface area contributed by atoms with Crippen molar-refractivity contribution >= 4 is 39.5 Å². The van der Waals surface area contributed by atoms with Gasteiger partial charge in [0.15, 0.2) is 0 Å². The molecule has 0 bridgehead atoms. The molecule has 0 saturated carbocycles. The minimum Gasteiger partial charge on any atom is -0.352 e. The lowest BCUT2D eigenvalue weighted by Gasteiger charge is -2.29. The minimum atomic E-state index is -0.534. The van der Waals surface area contributed by atoms with Gasteiger partial charge in [0.25, 0.3) is 0 Å². The first-order valence-electron chi connectivity index (χ1n) is 9.74. The van der Waals surface area contributed by atoms with E-state index in [1.807, 2.05) is 44.2 Å². The average molecular weight is 477 g/mol. The zero-order valence-electron chi connectivity index (χ0n) is 17.4. The molecule has 2 rings (SSSR count). The molecule has 2 aromatic carbocycles. The summed E-state index contributed by atoms with van der Waals surface area (Å²) in [6.07, 6.45) is 0. The second kappa shape index (κ2) is 11.4. The van der Waals surface area contributed by atoms with Gasteiger partial charge in [0, 0.05) is 22.8 Å². The third-order valence-corrected chi connectivity index (χ3v) is 5.96. The summed E-state index contributed by atoms with van der Waals surface area (Å²) in [6, 6.07) is 15.6. The number of halogens is 1. The number of amides is 2. The molecule has 0 aromatic heterocycles. The van der Waals surface area contributed by atoms with Crippen LogP contribution >= 0.6 is 27.7 Å². The molecule has 156 valence electrons. The molecule has 29 heavy (non-hydrogen) atoms. The summed E-state index contributed by atoms with van der Waals surface area (Å²) in [4.78, 5) is 27.2. The van der Waals surface area contributed by atoms with Crippen LogP contribution in [0.15, 0.2) is 53.0 Å². The SMILES string of the molecule is Cc1cccc(CSCC(=O)N(Cc2ccc(Br)cc2)[C@H](C)C(=O)NC(C)C)c1. The topological polar surface area (TPSA) is 49.4 Å². The second-order valence-corrected chi connectivity index (χ2v) is 9.37. The van der Waals surface area contributed by atoms with Crippen LogP contribution in [-0.2, 0) is 21.9 Å². The third-order valence-electron chi connectivity index (χ3n) is 4.44. The van der Waals surface area contributed by atoms with Crippen molar-refractivity contribution in [2.24, 2.45) is 0 Å². The third kappa shape index (κ3) is 7.86. The van der Waals surface area contributed by atoms with Gasteiger partial charge < -0.3 is 10.2 Å². The van der Waals surface area contributed by atoms with Gasteiger partial charge in [-0.05, 0) is 51.0 Å². The summed E-state index contributed by atoms with van der Waals surface area (Å²) in [5.41, 5.74) is 3.41. The van der Waals surface area contributed by atoms with Gasteiger partial charge in [-0.2, -0.15) is 0 Å². The lowest BCUT2D eigenvalue weighted by Crippen LogP contribution is -2.49. The predicted molar refractivity (Wildman–Crippen MR) is 125 cm³/mol. The lowest BCUT2D eigenvalue weighted by atomic mass is 10.1. The Morgan fingerprint density at radius 3 is 2.38 bits per heavy atom. The predicted octanol–water partition coefficient (Wildman–Crippen LogP) is 4.93. The van der Waals surface area contributed by atoms with Crippen molar-refractivity contribution in [2.75, 3.05) is 5.75 Å². The first kappa shape index (κ1) is 23.5. The molecule has 6 heteroatoms. The van der Waals surface area contributed by atoms with Crippen molar-refractivity contribution in [3.8, 4) is 0 Å². The van der Waals surface area contributed by atoms with Crippen molar-refractivity contribution in [1.82, 2.24) is 10.2 Å². The Morgan fingerprint density at radius 1 is 1.07 bits per heavy atom. The molecule has 4 nitrogen and oxygen atoms in total. The van der Waals surface area contributed by atoms with E-state index in [4.69, 9.17) is 0 Å². The monoisotopic (exact) mass is 476 g/mol. The highest BCUT2D eigenvalue weighted by molar-refractivity contribution is 9.10. The van der Waals surface area contributed by atoms with Crippen LogP contribution in [0.4, 0.5) is 0 Å². The van der Waals surface area contributed by atoms with Crippen LogP contribution in [0.1, 0.15) is 37.5 Å². The molecule has 0 unspecified atom stereocenters. The molecule has 2 amide bonds. The molecule has 1 atom stereocenters. The zero-order valence-corrected chi connectivity index (χ0v) is 19.8. The standard InChI is InChI=1S/C23H29BrN2O2S/c1-16(2)25-23(28)18(4)26(13-19-8-10-21(24)11-9-19)22(27)15-29-14-20-7-5-6-17(3)12-20/h5-12,16,18H,13-15H2,1-4H3,(H,25,28)/t18-/m1/s1. The summed E-state index contributed by atoms with van der Waals surface area (Å²) >= 11 is 5.01. The van der Waals surface area contributed by atoms with Gasteiger partial charge in [-0.15, -0.1) is 11.8 Å². The highest BCUT2D eigenvalue weighted by atomic mass is 79.9. The molecular weight excluding hydrogens is 448 g/mol. The number of carbonyl (C=O) groups is 2. The van der Waals surface area contributed by atoms with Gasteiger partial charge in [-0.25, -0.2) is 0 Å². The smallest absolute Gasteiger partial charge is 0.242 e. The number of hydrogen-bond acceptors (Lipinski definition) is 3. The van der Waals surface area contributed by atoms with Gasteiger partial charge in [-0.1, -0.05) is 57.9 Å². The Labute approximate surface area is 186 Å². The molecule has 0 aliphatic carbocycles. The Morgan fingerprint density at radius 2 is 1.76 bits per heavy atom. The highest BCUT2D eigenvalue weighted by Gasteiger charge is 2.26. The maximum atomic E-state index is 13.0. The first-order chi connectivity index (χ1) is 13.8. The molecule has 0 fully saturated rings. The molecule has 0 heterocycles. The van der Waals surface area contributed by atoms with E-state index in [1.165, 1.54) is 11.1 Å². The number of benzene rings is 2. The molecular formula is C23H29BrN2O2S. The van der Waals surface area contributed by atoms with Crippen molar-refractivity contribution in [3.05, 3.63) is 69.7 Å². The molecule has 1 N–H and O–H groups in total. The van der Waals surface area contributed by atoms with Crippen LogP contribution in [-0.4, -0.2) is 34.6 Å². The zero-order chi connectivity index (χ0) is 21.4. The van der Waals surface area contributed by atoms with Gasteiger partial charge >= 0.3 is 0 Å². The number of nitrogens with zero attached hydrogens (tertiary/aromatic N) is 1. The maximum absolute atomic E-state index is 13.0. The second-order valence-electron chi connectivity index (χ2n) is 7.47. The summed E-state index contributed by atoms with van der Waals surface area (Å²) in [6.45, 7) is 8.10. The van der Waals surface area contributed by atoms with E-state index in [1.54, 1.807) is 23.6 Å². The Kier molecular flexibility index (Phi) is 9.24. The van der Waals surface area contributed by atoms with Gasteiger partial charge in [0.05, 0.1) is 5.75 Å². The highest BCUT2D eigenvalue weighted by Crippen LogP contribution is 2.18. The maximum Gasteiger partial charge on any atom is 0.242 e. The fourth-order valence-electron chi connectivity index (χ4n) is 2.92. The summed E-state index contributed by atoms with van der Waals surface area (Å²) in [7, 11) is 0. The van der Waals surface area contributed by atoms with Crippen molar-refractivity contribution < 1.29 is 9.59 Å². The van der Waals surface area contributed by atoms with Crippen LogP contribution in [0.25, 0.3) is 0 Å². The summed E-state index contributed by atoms with van der Waals surface area (Å²) in [5.74, 6) is 0.946. The van der Waals surface area contributed by atoms with Crippen LogP contribution in [0.5, 0.6) is 0 Å². The van der Waals surface area contributed by atoms with E-state index in [2.05, 4.69) is 46.4 Å². The Balaban J connectivity index is 2.06. The molecule has 0 aliphatic heterocycles. The lowest BCUT2D eigenvalue weighted by molar-refractivity contribution is -0.138. The van der Waals surface area contributed by atoms with Gasteiger partial charge in [-0.3, -0.25) is 9.59 Å². The molecule has 0 saturated heterocycles. The Bertz CT molecular complexity index is 824. The van der Waals surface area contributed by atoms with Crippen molar-refractivity contribution in [2.45, 2.75) is 52.1 Å². The van der Waals surface area contributed by atoms with Gasteiger partial charge in [0.1, 0.15) is 6.04 Å². The van der Waals surface area contributed by atoms with E-state index in [0.717, 1.165) is 15.8 Å². The fraction of sp³-hybridized carbons (Fsp3) is 0.391. The van der Waals surface area contributed by atoms with Crippen LogP contribution in [0.3, 0.4) is 0 Å². The summed E-state index contributed by atoms with van der Waals surface area (Å²) < 4.78 is 0.985. The molecule has 0 aliphatic rings. The van der Waals surface area contributed by atoms with E-state index in [-0.39, 0.29) is 17.9 Å². The van der Waals surface area contributed by atoms with E-state index < -0.39 is 6.04 Å².